The van der Waals surface area contributed by atoms with E-state index in [0.29, 0.717) is 6.07 Å². The first-order valence-corrected chi connectivity index (χ1v) is 7.06. The van der Waals surface area contributed by atoms with Crippen molar-refractivity contribution in [3.63, 3.8) is 0 Å². The van der Waals surface area contributed by atoms with Gasteiger partial charge >= 0.3 is 6.18 Å². The van der Waals surface area contributed by atoms with Gasteiger partial charge in [-0.1, -0.05) is 0 Å². The molecule has 0 aliphatic rings. The molecular weight excluding hydrogens is 305 g/mol. The Labute approximate surface area is 112 Å². The summed E-state index contributed by atoms with van der Waals surface area (Å²) in [6, 6.07) is 4.13. The summed E-state index contributed by atoms with van der Waals surface area (Å²) in [5, 5.41) is 8.56. The molecule has 0 saturated heterocycles. The number of hydrogen-bond donors (Lipinski definition) is 1. The smallest absolute Gasteiger partial charge is 0.283 e. The second-order valence-electron chi connectivity index (χ2n) is 3.48. The van der Waals surface area contributed by atoms with Crippen molar-refractivity contribution >= 4 is 27.3 Å². The number of benzene rings is 1. The summed E-state index contributed by atoms with van der Waals surface area (Å²) in [4.78, 5) is 0. The normalized spacial score (nSPS) is 11.9. The van der Waals surface area contributed by atoms with E-state index in [9.17, 15) is 21.6 Å². The standard InChI is InChI=1S/C10H8ClF3N2O2S/c11-3-4-19(17,18)16-9-2-1-7(6-15)5-8(9)10(12,13)14/h1-2,5,16H,3-4H2. The van der Waals surface area contributed by atoms with Gasteiger partial charge in [0.15, 0.2) is 0 Å². The molecule has 0 heterocycles. The van der Waals surface area contributed by atoms with Crippen LogP contribution in [0.15, 0.2) is 18.2 Å². The number of hydrogen-bond acceptors (Lipinski definition) is 3. The molecule has 0 amide bonds. The Bertz CT molecular complexity index is 608. The van der Waals surface area contributed by atoms with Crippen molar-refractivity contribution in [2.24, 2.45) is 0 Å². The lowest BCUT2D eigenvalue weighted by Gasteiger charge is -2.14. The van der Waals surface area contributed by atoms with Gasteiger partial charge in [0.1, 0.15) is 0 Å². The van der Waals surface area contributed by atoms with Crippen LogP contribution in [0.25, 0.3) is 0 Å². The van der Waals surface area contributed by atoms with E-state index in [1.165, 1.54) is 0 Å². The summed E-state index contributed by atoms with van der Waals surface area (Å²) in [7, 11) is -3.95. The van der Waals surface area contributed by atoms with E-state index in [-0.39, 0.29) is 11.4 Å². The number of alkyl halides is 4. The highest BCUT2D eigenvalue weighted by atomic mass is 35.5. The van der Waals surface area contributed by atoms with Crippen molar-refractivity contribution in [3.05, 3.63) is 29.3 Å². The zero-order valence-corrected chi connectivity index (χ0v) is 10.9. The number of sulfonamides is 1. The molecule has 0 radical (unpaired) electrons. The largest absolute Gasteiger partial charge is 0.418 e. The average molecular weight is 313 g/mol. The summed E-state index contributed by atoms with van der Waals surface area (Å²) in [5.41, 5.74) is -2.06. The van der Waals surface area contributed by atoms with E-state index in [4.69, 9.17) is 16.9 Å². The van der Waals surface area contributed by atoms with Gasteiger partial charge in [-0.05, 0) is 18.2 Å². The third-order valence-electron chi connectivity index (χ3n) is 2.07. The van der Waals surface area contributed by atoms with E-state index < -0.39 is 33.2 Å². The summed E-state index contributed by atoms with van der Waals surface area (Å²) in [6.07, 6.45) is -4.77. The fourth-order valence-electron chi connectivity index (χ4n) is 1.26. The molecule has 4 nitrogen and oxygen atoms in total. The van der Waals surface area contributed by atoms with Crippen molar-refractivity contribution in [1.29, 1.82) is 5.26 Å². The maximum atomic E-state index is 12.8. The molecule has 1 aromatic carbocycles. The van der Waals surface area contributed by atoms with Crippen molar-refractivity contribution in [1.82, 2.24) is 0 Å². The minimum Gasteiger partial charge on any atom is -0.283 e. The lowest BCUT2D eigenvalue weighted by atomic mass is 10.1. The third kappa shape index (κ3) is 4.29. The highest BCUT2D eigenvalue weighted by molar-refractivity contribution is 7.92. The molecule has 0 spiro atoms. The van der Waals surface area contributed by atoms with Gasteiger partial charge in [0.25, 0.3) is 0 Å². The first-order chi connectivity index (χ1) is 8.69. The summed E-state index contributed by atoms with van der Waals surface area (Å²) < 4.78 is 62.9. The highest BCUT2D eigenvalue weighted by Gasteiger charge is 2.34. The van der Waals surface area contributed by atoms with Gasteiger partial charge < -0.3 is 0 Å². The number of rotatable bonds is 4. The van der Waals surface area contributed by atoms with Gasteiger partial charge in [-0.2, -0.15) is 18.4 Å². The molecule has 104 valence electrons. The molecule has 0 unspecified atom stereocenters. The van der Waals surface area contributed by atoms with Gasteiger partial charge in [-0.25, -0.2) is 8.42 Å². The lowest BCUT2D eigenvalue weighted by Crippen LogP contribution is -2.20. The molecule has 0 bridgehead atoms. The molecule has 0 aliphatic heterocycles. The number of anilines is 1. The van der Waals surface area contributed by atoms with Crippen LogP contribution in [0, 0.1) is 11.3 Å². The third-order valence-corrected chi connectivity index (χ3v) is 3.75. The summed E-state index contributed by atoms with van der Waals surface area (Å²) in [6.45, 7) is 0. The molecule has 0 fully saturated rings. The maximum Gasteiger partial charge on any atom is 0.418 e. The SMILES string of the molecule is N#Cc1ccc(NS(=O)(=O)CCCl)c(C(F)(F)F)c1. The van der Waals surface area contributed by atoms with Crippen molar-refractivity contribution in [3.8, 4) is 6.07 Å². The quantitative estimate of drug-likeness (QED) is 0.869. The molecule has 1 aromatic rings. The van der Waals surface area contributed by atoms with Gasteiger partial charge in [0.05, 0.1) is 28.6 Å². The first kappa shape index (κ1) is 15.6. The van der Waals surface area contributed by atoms with Crippen molar-refractivity contribution < 1.29 is 21.6 Å². The molecular formula is C10H8ClF3N2O2S. The molecule has 19 heavy (non-hydrogen) atoms. The Balaban J connectivity index is 3.26. The lowest BCUT2D eigenvalue weighted by molar-refractivity contribution is -0.136. The zero-order chi connectivity index (χ0) is 14.7. The van der Waals surface area contributed by atoms with Gasteiger partial charge in [0.2, 0.25) is 10.0 Å². The fraction of sp³-hybridized carbons (Fsp3) is 0.300. The summed E-state index contributed by atoms with van der Waals surface area (Å²) in [5.74, 6) is -0.751. The monoisotopic (exact) mass is 312 g/mol. The molecule has 0 aromatic heterocycles. The van der Waals surface area contributed by atoms with Crippen LogP contribution in [-0.2, 0) is 16.2 Å². The average Bonchev–Trinajstić information content (AvgIpc) is 2.27. The van der Waals surface area contributed by atoms with Crippen LogP contribution in [0.3, 0.4) is 0 Å². The molecule has 9 heteroatoms. The number of nitriles is 1. The van der Waals surface area contributed by atoms with Crippen LogP contribution in [0.2, 0.25) is 0 Å². The Hall–Kier alpha value is -1.46. The van der Waals surface area contributed by atoms with Crippen LogP contribution < -0.4 is 4.72 Å². The van der Waals surface area contributed by atoms with E-state index in [2.05, 4.69) is 0 Å². The maximum absolute atomic E-state index is 12.8. The number of nitrogens with zero attached hydrogens (tertiary/aromatic N) is 1. The molecule has 1 N–H and O–H groups in total. The van der Waals surface area contributed by atoms with Crippen LogP contribution in [0.5, 0.6) is 0 Å². The van der Waals surface area contributed by atoms with Gasteiger partial charge in [0, 0.05) is 5.88 Å². The second-order valence-corrected chi connectivity index (χ2v) is 5.70. The Morgan fingerprint density at radius 3 is 2.47 bits per heavy atom. The molecule has 0 atom stereocenters. The van der Waals surface area contributed by atoms with Crippen LogP contribution in [-0.4, -0.2) is 20.1 Å². The predicted octanol–water partition coefficient (Wildman–Crippen LogP) is 2.56. The summed E-state index contributed by atoms with van der Waals surface area (Å²) >= 11 is 5.25. The Morgan fingerprint density at radius 1 is 1.37 bits per heavy atom. The number of nitrogens with one attached hydrogen (secondary N) is 1. The van der Waals surface area contributed by atoms with E-state index >= 15 is 0 Å². The van der Waals surface area contributed by atoms with Gasteiger partial charge in [-0.15, -0.1) is 11.6 Å². The van der Waals surface area contributed by atoms with Crippen LogP contribution in [0.1, 0.15) is 11.1 Å². The van der Waals surface area contributed by atoms with E-state index in [1.807, 2.05) is 0 Å². The highest BCUT2D eigenvalue weighted by Crippen LogP contribution is 2.35. The van der Waals surface area contributed by atoms with Crippen molar-refractivity contribution in [2.75, 3.05) is 16.4 Å². The topological polar surface area (TPSA) is 70.0 Å². The zero-order valence-electron chi connectivity index (χ0n) is 9.33. The predicted molar refractivity (Wildman–Crippen MR) is 64.3 cm³/mol. The Morgan fingerprint density at radius 2 is 2.00 bits per heavy atom. The first-order valence-electron chi connectivity index (χ1n) is 4.87. The molecule has 0 aliphatic carbocycles. The fourth-order valence-corrected chi connectivity index (χ4v) is 2.69. The van der Waals surface area contributed by atoms with E-state index in [0.717, 1.165) is 12.1 Å². The second kappa shape index (κ2) is 5.67. The Kier molecular flexibility index (Phi) is 4.66. The number of halogens is 4. The van der Waals surface area contributed by atoms with E-state index in [1.54, 1.807) is 10.8 Å². The van der Waals surface area contributed by atoms with Crippen molar-refractivity contribution in [2.45, 2.75) is 6.18 Å². The van der Waals surface area contributed by atoms with Crippen LogP contribution in [0.4, 0.5) is 18.9 Å². The van der Waals surface area contributed by atoms with Crippen LogP contribution >= 0.6 is 11.6 Å². The molecule has 1 rings (SSSR count). The minimum atomic E-state index is -4.77. The minimum absolute atomic E-state index is 0.215. The molecule has 0 saturated carbocycles. The van der Waals surface area contributed by atoms with Gasteiger partial charge in [-0.3, -0.25) is 4.72 Å².